The summed E-state index contributed by atoms with van der Waals surface area (Å²) >= 11 is 0. The molecule has 0 aromatic heterocycles. The molecule has 0 heterocycles. The fourth-order valence-corrected chi connectivity index (χ4v) is 3.21. The van der Waals surface area contributed by atoms with Crippen molar-refractivity contribution < 1.29 is 23.8 Å². The lowest BCUT2D eigenvalue weighted by atomic mass is 10.1. The van der Waals surface area contributed by atoms with Gasteiger partial charge < -0.3 is 19.5 Å². The molecule has 7 nitrogen and oxygen atoms in total. The SMILES string of the molecule is COc1cc(/C=C/C(=O)OCC(=O)Nc2ccc3c(c2)CCC3)ccc1OCC#N. The van der Waals surface area contributed by atoms with Crippen LogP contribution >= 0.6 is 0 Å². The maximum absolute atomic E-state index is 12.0. The second-order valence-corrected chi connectivity index (χ2v) is 6.68. The summed E-state index contributed by atoms with van der Waals surface area (Å²) in [6.45, 7) is -0.462. The largest absolute Gasteiger partial charge is 0.493 e. The zero-order valence-corrected chi connectivity index (χ0v) is 16.6. The lowest BCUT2D eigenvalue weighted by Gasteiger charge is -2.09. The molecule has 154 valence electrons. The van der Waals surface area contributed by atoms with Crippen LogP contribution in [0, 0.1) is 11.3 Å². The molecule has 0 saturated carbocycles. The number of nitriles is 1. The van der Waals surface area contributed by atoms with Crippen molar-refractivity contribution in [1.29, 1.82) is 5.26 Å². The van der Waals surface area contributed by atoms with E-state index in [1.54, 1.807) is 18.2 Å². The maximum Gasteiger partial charge on any atom is 0.331 e. The summed E-state index contributed by atoms with van der Waals surface area (Å²) in [5.74, 6) is -0.158. The Morgan fingerprint density at radius 3 is 2.77 bits per heavy atom. The summed E-state index contributed by atoms with van der Waals surface area (Å²) in [6.07, 6.45) is 6.01. The minimum Gasteiger partial charge on any atom is -0.493 e. The number of aryl methyl sites for hydroxylation is 2. The number of nitrogens with one attached hydrogen (secondary N) is 1. The Balaban J connectivity index is 1.49. The van der Waals surface area contributed by atoms with Crippen LogP contribution in [-0.2, 0) is 27.2 Å². The van der Waals surface area contributed by atoms with Gasteiger partial charge in [0.2, 0.25) is 0 Å². The number of ether oxygens (including phenoxy) is 3. The van der Waals surface area contributed by atoms with Gasteiger partial charge in [-0.25, -0.2) is 4.79 Å². The highest BCUT2D eigenvalue weighted by molar-refractivity contribution is 5.94. The average molecular weight is 406 g/mol. The third-order valence-electron chi connectivity index (χ3n) is 4.62. The summed E-state index contributed by atoms with van der Waals surface area (Å²) in [7, 11) is 1.48. The number of fused-ring (bicyclic) bond motifs is 1. The van der Waals surface area contributed by atoms with Crippen molar-refractivity contribution in [2.75, 3.05) is 25.6 Å². The van der Waals surface area contributed by atoms with Gasteiger partial charge in [-0.15, -0.1) is 0 Å². The molecule has 0 bridgehead atoms. The van der Waals surface area contributed by atoms with Crippen LogP contribution in [0.2, 0.25) is 0 Å². The van der Waals surface area contributed by atoms with Gasteiger partial charge in [0.25, 0.3) is 5.91 Å². The summed E-state index contributed by atoms with van der Waals surface area (Å²) < 4.78 is 15.5. The fourth-order valence-electron chi connectivity index (χ4n) is 3.21. The number of benzene rings is 2. The normalized spacial score (nSPS) is 12.1. The number of rotatable bonds is 8. The topological polar surface area (TPSA) is 97.7 Å². The molecule has 0 aliphatic heterocycles. The van der Waals surface area contributed by atoms with Crippen molar-refractivity contribution in [2.24, 2.45) is 0 Å². The molecule has 0 atom stereocenters. The Labute approximate surface area is 174 Å². The minimum absolute atomic E-state index is 0.0919. The number of hydrogen-bond acceptors (Lipinski definition) is 6. The predicted octanol–water partition coefficient (Wildman–Crippen LogP) is 3.28. The van der Waals surface area contributed by atoms with Crippen LogP contribution in [0.3, 0.4) is 0 Å². The molecule has 2 aromatic carbocycles. The highest BCUT2D eigenvalue weighted by Crippen LogP contribution is 2.28. The zero-order valence-electron chi connectivity index (χ0n) is 16.6. The summed E-state index contributed by atoms with van der Waals surface area (Å²) in [4.78, 5) is 23.9. The molecule has 30 heavy (non-hydrogen) atoms. The van der Waals surface area contributed by atoms with Gasteiger partial charge >= 0.3 is 5.97 Å². The quantitative estimate of drug-likeness (QED) is 0.534. The fraction of sp³-hybridized carbons (Fsp3) is 0.261. The van der Waals surface area contributed by atoms with Gasteiger partial charge in [0, 0.05) is 11.8 Å². The van der Waals surface area contributed by atoms with E-state index in [-0.39, 0.29) is 13.2 Å². The van der Waals surface area contributed by atoms with E-state index in [1.165, 1.54) is 30.4 Å². The van der Waals surface area contributed by atoms with E-state index in [2.05, 4.69) is 5.32 Å². The molecule has 7 heteroatoms. The van der Waals surface area contributed by atoms with Crippen LogP contribution in [0.1, 0.15) is 23.1 Å². The Bertz CT molecular complexity index is 1010. The molecule has 1 aliphatic rings. The van der Waals surface area contributed by atoms with Gasteiger partial charge in [-0.2, -0.15) is 5.26 Å². The van der Waals surface area contributed by atoms with Gasteiger partial charge in [-0.3, -0.25) is 4.79 Å². The van der Waals surface area contributed by atoms with Crippen molar-refractivity contribution >= 4 is 23.6 Å². The molecule has 0 fully saturated rings. The van der Waals surface area contributed by atoms with E-state index in [4.69, 9.17) is 19.5 Å². The van der Waals surface area contributed by atoms with E-state index < -0.39 is 11.9 Å². The molecule has 0 saturated heterocycles. The number of carbonyl (C=O) groups is 2. The van der Waals surface area contributed by atoms with E-state index in [1.807, 2.05) is 24.3 Å². The molecule has 0 radical (unpaired) electrons. The zero-order chi connectivity index (χ0) is 21.3. The number of amides is 1. The summed E-state index contributed by atoms with van der Waals surface area (Å²) in [5.41, 5.74) is 3.96. The maximum atomic E-state index is 12.0. The molecule has 1 N–H and O–H groups in total. The van der Waals surface area contributed by atoms with Gasteiger partial charge in [-0.05, 0) is 66.3 Å². The van der Waals surface area contributed by atoms with E-state index in [9.17, 15) is 9.59 Å². The first-order valence-electron chi connectivity index (χ1n) is 9.53. The Hall–Kier alpha value is -3.79. The Morgan fingerprint density at radius 2 is 1.97 bits per heavy atom. The molecule has 1 amide bonds. The molecule has 3 rings (SSSR count). The second-order valence-electron chi connectivity index (χ2n) is 6.68. The number of esters is 1. The van der Waals surface area contributed by atoms with Gasteiger partial charge in [0.1, 0.15) is 6.07 Å². The summed E-state index contributed by atoms with van der Waals surface area (Å²) in [6, 6.07) is 12.8. The molecular weight excluding hydrogens is 384 g/mol. The number of carbonyl (C=O) groups excluding carboxylic acids is 2. The van der Waals surface area contributed by atoms with Crippen LogP contribution in [0.25, 0.3) is 6.08 Å². The summed E-state index contributed by atoms with van der Waals surface area (Å²) in [5, 5.41) is 11.3. The van der Waals surface area contributed by atoms with E-state index >= 15 is 0 Å². The van der Waals surface area contributed by atoms with Crippen molar-refractivity contribution in [1.82, 2.24) is 0 Å². The van der Waals surface area contributed by atoms with Crippen molar-refractivity contribution in [3.63, 3.8) is 0 Å². The third kappa shape index (κ3) is 5.61. The smallest absolute Gasteiger partial charge is 0.331 e. The monoisotopic (exact) mass is 406 g/mol. The second kappa shape index (κ2) is 10.1. The van der Waals surface area contributed by atoms with Crippen molar-refractivity contribution in [3.05, 3.63) is 59.2 Å². The predicted molar refractivity (Wildman–Crippen MR) is 111 cm³/mol. The average Bonchev–Trinajstić information content (AvgIpc) is 3.23. The number of hydrogen-bond donors (Lipinski definition) is 1. The number of methoxy groups -OCH3 is 1. The number of anilines is 1. The first-order chi connectivity index (χ1) is 14.6. The van der Waals surface area contributed by atoms with Crippen LogP contribution in [0.15, 0.2) is 42.5 Å². The lowest BCUT2D eigenvalue weighted by molar-refractivity contribution is -0.142. The number of nitrogens with zero attached hydrogens (tertiary/aromatic N) is 1. The Kier molecular flexibility index (Phi) is 7.06. The van der Waals surface area contributed by atoms with Crippen LogP contribution in [0.4, 0.5) is 5.69 Å². The van der Waals surface area contributed by atoms with E-state index in [0.29, 0.717) is 22.7 Å². The molecule has 0 spiro atoms. The van der Waals surface area contributed by atoms with Gasteiger partial charge in [-0.1, -0.05) is 12.1 Å². The van der Waals surface area contributed by atoms with Crippen LogP contribution in [0.5, 0.6) is 11.5 Å². The Morgan fingerprint density at radius 1 is 1.13 bits per heavy atom. The van der Waals surface area contributed by atoms with Crippen LogP contribution in [-0.4, -0.2) is 32.2 Å². The molecular formula is C23H22N2O5. The lowest BCUT2D eigenvalue weighted by Crippen LogP contribution is -2.20. The third-order valence-corrected chi connectivity index (χ3v) is 4.62. The highest BCUT2D eigenvalue weighted by Gasteiger charge is 2.12. The van der Waals surface area contributed by atoms with Crippen molar-refractivity contribution in [2.45, 2.75) is 19.3 Å². The van der Waals surface area contributed by atoms with Gasteiger partial charge in [0.15, 0.2) is 24.7 Å². The highest BCUT2D eigenvalue weighted by atomic mass is 16.5. The first kappa shape index (κ1) is 20.9. The standard InChI is InChI=1S/C23H22N2O5/c1-28-21-13-16(5-9-20(21)29-12-11-24)6-10-23(27)30-15-22(26)25-19-8-7-17-3-2-4-18(17)14-19/h5-10,13-14H,2-4,12,15H2,1H3,(H,25,26)/b10-6+. The minimum atomic E-state index is -0.636. The van der Waals surface area contributed by atoms with E-state index in [0.717, 1.165) is 19.3 Å². The first-order valence-corrected chi connectivity index (χ1v) is 9.53. The molecule has 1 aliphatic carbocycles. The van der Waals surface area contributed by atoms with Gasteiger partial charge in [0.05, 0.1) is 7.11 Å². The molecule has 2 aromatic rings. The van der Waals surface area contributed by atoms with Crippen LogP contribution < -0.4 is 14.8 Å². The molecule has 0 unspecified atom stereocenters. The van der Waals surface area contributed by atoms with Crippen molar-refractivity contribution in [3.8, 4) is 17.6 Å².